The summed E-state index contributed by atoms with van der Waals surface area (Å²) in [5.41, 5.74) is 7.56. The molecule has 0 bridgehead atoms. The van der Waals surface area contributed by atoms with Crippen LogP contribution in [0.25, 0.3) is 0 Å². The Labute approximate surface area is 102 Å². The van der Waals surface area contributed by atoms with E-state index in [1.54, 1.807) is 11.9 Å². The van der Waals surface area contributed by atoms with Crippen LogP contribution in [-0.4, -0.2) is 34.6 Å². The normalized spacial score (nSPS) is 11.2. The quantitative estimate of drug-likeness (QED) is 0.840. The molecule has 0 aromatic carbocycles. The molecule has 1 amide bonds. The van der Waals surface area contributed by atoms with Crippen LogP contribution < -0.4 is 5.73 Å². The molecule has 0 aliphatic heterocycles. The SMILES string of the molecule is CC(C)CN(C)C(=O)c1n[nH]c(C(C)C)c1N. The van der Waals surface area contributed by atoms with E-state index in [4.69, 9.17) is 5.73 Å². The summed E-state index contributed by atoms with van der Waals surface area (Å²) in [6, 6.07) is 0. The van der Waals surface area contributed by atoms with Crippen LogP contribution in [0.4, 0.5) is 5.69 Å². The third kappa shape index (κ3) is 2.99. The fourth-order valence-electron chi connectivity index (χ4n) is 1.78. The van der Waals surface area contributed by atoms with Gasteiger partial charge in [0, 0.05) is 13.6 Å². The van der Waals surface area contributed by atoms with Gasteiger partial charge in [-0.05, 0) is 11.8 Å². The van der Waals surface area contributed by atoms with Crippen molar-refractivity contribution in [3.63, 3.8) is 0 Å². The number of amides is 1. The number of aromatic nitrogens is 2. The zero-order valence-electron chi connectivity index (χ0n) is 11.2. The average molecular weight is 238 g/mol. The van der Waals surface area contributed by atoms with E-state index in [9.17, 15) is 4.79 Å². The van der Waals surface area contributed by atoms with Gasteiger partial charge in [0.25, 0.3) is 5.91 Å². The molecule has 0 fully saturated rings. The van der Waals surface area contributed by atoms with Crippen LogP contribution in [-0.2, 0) is 0 Å². The Morgan fingerprint density at radius 3 is 2.41 bits per heavy atom. The number of carbonyl (C=O) groups is 1. The van der Waals surface area contributed by atoms with E-state index in [0.717, 1.165) is 5.69 Å². The van der Waals surface area contributed by atoms with Crippen molar-refractivity contribution in [3.05, 3.63) is 11.4 Å². The van der Waals surface area contributed by atoms with E-state index in [0.29, 0.717) is 23.8 Å². The number of nitrogen functional groups attached to an aromatic ring is 1. The number of nitrogens with zero attached hydrogens (tertiary/aromatic N) is 2. The molecule has 0 atom stereocenters. The molecule has 0 unspecified atom stereocenters. The fourth-order valence-corrected chi connectivity index (χ4v) is 1.78. The van der Waals surface area contributed by atoms with Gasteiger partial charge in [-0.1, -0.05) is 27.7 Å². The van der Waals surface area contributed by atoms with Gasteiger partial charge < -0.3 is 10.6 Å². The summed E-state index contributed by atoms with van der Waals surface area (Å²) < 4.78 is 0. The highest BCUT2D eigenvalue weighted by Gasteiger charge is 2.21. The second-order valence-electron chi connectivity index (χ2n) is 5.13. The van der Waals surface area contributed by atoms with Crippen molar-refractivity contribution in [2.75, 3.05) is 19.3 Å². The number of nitrogens with two attached hydrogens (primary N) is 1. The van der Waals surface area contributed by atoms with E-state index >= 15 is 0 Å². The van der Waals surface area contributed by atoms with Gasteiger partial charge in [-0.25, -0.2) is 0 Å². The molecule has 0 aliphatic carbocycles. The van der Waals surface area contributed by atoms with Gasteiger partial charge in [0.05, 0.1) is 11.4 Å². The predicted molar refractivity (Wildman–Crippen MR) is 68.9 cm³/mol. The lowest BCUT2D eigenvalue weighted by molar-refractivity contribution is 0.0774. The van der Waals surface area contributed by atoms with Gasteiger partial charge in [-0.15, -0.1) is 0 Å². The van der Waals surface area contributed by atoms with E-state index in [2.05, 4.69) is 24.0 Å². The minimum atomic E-state index is -0.126. The maximum Gasteiger partial charge on any atom is 0.276 e. The summed E-state index contributed by atoms with van der Waals surface area (Å²) in [5.74, 6) is 0.535. The van der Waals surface area contributed by atoms with E-state index in [1.807, 2.05) is 13.8 Å². The number of anilines is 1. The molecule has 1 aromatic rings. The van der Waals surface area contributed by atoms with Crippen LogP contribution in [0, 0.1) is 5.92 Å². The molecule has 17 heavy (non-hydrogen) atoms. The molecular weight excluding hydrogens is 216 g/mol. The monoisotopic (exact) mass is 238 g/mol. The number of nitrogens with one attached hydrogen (secondary N) is 1. The van der Waals surface area contributed by atoms with E-state index < -0.39 is 0 Å². The van der Waals surface area contributed by atoms with Gasteiger partial charge in [0.2, 0.25) is 0 Å². The van der Waals surface area contributed by atoms with E-state index in [-0.39, 0.29) is 11.8 Å². The predicted octanol–water partition coefficient (Wildman–Crippen LogP) is 1.84. The van der Waals surface area contributed by atoms with Crippen molar-refractivity contribution in [2.45, 2.75) is 33.6 Å². The molecule has 96 valence electrons. The molecule has 1 aromatic heterocycles. The topological polar surface area (TPSA) is 75.0 Å². The molecule has 1 rings (SSSR count). The van der Waals surface area contributed by atoms with Gasteiger partial charge in [-0.2, -0.15) is 5.10 Å². The minimum Gasteiger partial charge on any atom is -0.395 e. The second kappa shape index (κ2) is 5.21. The van der Waals surface area contributed by atoms with Crippen molar-refractivity contribution in [1.29, 1.82) is 0 Å². The Morgan fingerprint density at radius 2 is 2.00 bits per heavy atom. The van der Waals surface area contributed by atoms with Crippen molar-refractivity contribution < 1.29 is 4.79 Å². The summed E-state index contributed by atoms with van der Waals surface area (Å²) in [5, 5.41) is 6.86. The Hall–Kier alpha value is -1.52. The summed E-state index contributed by atoms with van der Waals surface area (Å²) in [6.07, 6.45) is 0. The van der Waals surface area contributed by atoms with Gasteiger partial charge >= 0.3 is 0 Å². The van der Waals surface area contributed by atoms with Crippen molar-refractivity contribution >= 4 is 11.6 Å². The first kappa shape index (κ1) is 13.5. The molecule has 5 heteroatoms. The molecule has 0 saturated heterocycles. The smallest absolute Gasteiger partial charge is 0.276 e. The van der Waals surface area contributed by atoms with Crippen LogP contribution >= 0.6 is 0 Å². The minimum absolute atomic E-state index is 0.126. The first-order valence-corrected chi connectivity index (χ1v) is 5.93. The Morgan fingerprint density at radius 1 is 1.41 bits per heavy atom. The number of carbonyl (C=O) groups excluding carboxylic acids is 1. The van der Waals surface area contributed by atoms with Crippen molar-refractivity contribution in [2.24, 2.45) is 5.92 Å². The lowest BCUT2D eigenvalue weighted by Crippen LogP contribution is -2.31. The van der Waals surface area contributed by atoms with Crippen LogP contribution in [0.5, 0.6) is 0 Å². The van der Waals surface area contributed by atoms with Crippen LogP contribution in [0.1, 0.15) is 49.8 Å². The molecule has 0 spiro atoms. The van der Waals surface area contributed by atoms with Gasteiger partial charge in [0.1, 0.15) is 0 Å². The highest BCUT2D eigenvalue weighted by molar-refractivity contribution is 5.97. The van der Waals surface area contributed by atoms with Crippen LogP contribution in [0.15, 0.2) is 0 Å². The standard InChI is InChI=1S/C12H22N4O/c1-7(2)6-16(5)12(17)11-9(13)10(8(3)4)14-15-11/h7-8H,6,13H2,1-5H3,(H,14,15). The molecule has 3 N–H and O–H groups in total. The number of hydrogen-bond donors (Lipinski definition) is 2. The van der Waals surface area contributed by atoms with Crippen LogP contribution in [0.3, 0.4) is 0 Å². The molecule has 0 radical (unpaired) electrons. The first-order chi connectivity index (χ1) is 7.84. The summed E-state index contributed by atoms with van der Waals surface area (Å²) >= 11 is 0. The largest absolute Gasteiger partial charge is 0.395 e. The molecular formula is C12H22N4O. The van der Waals surface area contributed by atoms with Crippen molar-refractivity contribution in [3.8, 4) is 0 Å². The second-order valence-corrected chi connectivity index (χ2v) is 5.13. The molecule has 5 nitrogen and oxygen atoms in total. The number of hydrogen-bond acceptors (Lipinski definition) is 3. The fraction of sp³-hybridized carbons (Fsp3) is 0.667. The molecule has 0 saturated carbocycles. The maximum atomic E-state index is 12.1. The third-order valence-corrected chi connectivity index (χ3v) is 2.60. The highest BCUT2D eigenvalue weighted by Crippen LogP contribution is 2.22. The number of H-pyrrole nitrogens is 1. The highest BCUT2D eigenvalue weighted by atomic mass is 16.2. The lowest BCUT2D eigenvalue weighted by Gasteiger charge is -2.18. The Kier molecular flexibility index (Phi) is 4.15. The number of rotatable bonds is 4. The first-order valence-electron chi connectivity index (χ1n) is 5.93. The maximum absolute atomic E-state index is 12.1. The summed E-state index contributed by atoms with van der Waals surface area (Å²) in [4.78, 5) is 13.8. The number of aromatic amines is 1. The van der Waals surface area contributed by atoms with Crippen molar-refractivity contribution in [1.82, 2.24) is 15.1 Å². The Balaban J connectivity index is 2.90. The summed E-state index contributed by atoms with van der Waals surface area (Å²) in [7, 11) is 1.77. The zero-order valence-corrected chi connectivity index (χ0v) is 11.2. The van der Waals surface area contributed by atoms with Crippen LogP contribution in [0.2, 0.25) is 0 Å². The van der Waals surface area contributed by atoms with Gasteiger partial charge in [0.15, 0.2) is 5.69 Å². The third-order valence-electron chi connectivity index (χ3n) is 2.60. The summed E-state index contributed by atoms with van der Waals surface area (Å²) in [6.45, 7) is 8.85. The molecule has 1 heterocycles. The Bertz CT molecular complexity index is 395. The average Bonchev–Trinajstić information content (AvgIpc) is 2.57. The zero-order chi connectivity index (χ0) is 13.2. The lowest BCUT2D eigenvalue weighted by atomic mass is 10.1. The van der Waals surface area contributed by atoms with Gasteiger partial charge in [-0.3, -0.25) is 9.89 Å². The van der Waals surface area contributed by atoms with E-state index in [1.165, 1.54) is 0 Å². The molecule has 0 aliphatic rings.